The Labute approximate surface area is 112 Å². The minimum Gasteiger partial charge on any atom is -0.399 e. The molecule has 0 atom stereocenters. The zero-order chi connectivity index (χ0) is 13.0. The van der Waals surface area contributed by atoms with E-state index in [0.29, 0.717) is 5.02 Å². The highest BCUT2D eigenvalue weighted by Gasteiger charge is 2.06. The highest BCUT2D eigenvalue weighted by Crippen LogP contribution is 2.17. The third kappa shape index (κ3) is 3.14. The zero-order valence-electron chi connectivity index (χ0n) is 10.3. The second-order valence-corrected chi connectivity index (χ2v) is 4.53. The molecule has 18 heavy (non-hydrogen) atoms. The Morgan fingerprint density at radius 3 is 2.72 bits per heavy atom. The van der Waals surface area contributed by atoms with Gasteiger partial charge in [-0.2, -0.15) is 0 Å². The molecule has 0 saturated heterocycles. The van der Waals surface area contributed by atoms with E-state index >= 15 is 0 Å². The fourth-order valence-corrected chi connectivity index (χ4v) is 1.93. The van der Waals surface area contributed by atoms with Gasteiger partial charge in [-0.3, -0.25) is 0 Å². The van der Waals surface area contributed by atoms with E-state index in [9.17, 15) is 0 Å². The highest BCUT2D eigenvalue weighted by atomic mass is 35.5. The van der Waals surface area contributed by atoms with Crippen LogP contribution >= 0.6 is 11.6 Å². The van der Waals surface area contributed by atoms with Crippen LogP contribution < -0.4 is 10.6 Å². The number of nitrogens with two attached hydrogens (primary N) is 1. The van der Waals surface area contributed by atoms with Crippen molar-refractivity contribution < 1.29 is 0 Å². The van der Waals surface area contributed by atoms with Crippen LogP contribution in [0.25, 0.3) is 0 Å². The Bertz CT molecular complexity index is 511. The Hall–Kier alpha value is -1.74. The van der Waals surface area contributed by atoms with E-state index in [1.807, 2.05) is 30.3 Å². The molecular weight excluding hydrogens is 246 g/mol. The molecule has 2 rings (SSSR count). The first kappa shape index (κ1) is 12.7. The number of aromatic nitrogens is 1. The van der Waals surface area contributed by atoms with E-state index in [-0.39, 0.29) is 0 Å². The maximum absolute atomic E-state index is 5.84. The topological polar surface area (TPSA) is 42.1 Å². The number of pyridine rings is 1. The van der Waals surface area contributed by atoms with Crippen molar-refractivity contribution in [1.29, 1.82) is 0 Å². The van der Waals surface area contributed by atoms with Gasteiger partial charge in [-0.25, -0.2) is 4.98 Å². The molecule has 1 aromatic carbocycles. The monoisotopic (exact) mass is 261 g/mol. The molecular formula is C14H16ClN3. The predicted molar refractivity (Wildman–Crippen MR) is 76.8 cm³/mol. The summed E-state index contributed by atoms with van der Waals surface area (Å²) in [5.74, 6) is 0.921. The van der Waals surface area contributed by atoms with Gasteiger partial charge in [-0.15, -0.1) is 0 Å². The van der Waals surface area contributed by atoms with Gasteiger partial charge >= 0.3 is 0 Å². The SMILES string of the molecule is CCN(Cc1cccc(N)c1)c1ccc(Cl)cn1. The van der Waals surface area contributed by atoms with Crippen LogP contribution in [-0.4, -0.2) is 11.5 Å². The van der Waals surface area contributed by atoms with Crippen molar-refractivity contribution >= 4 is 23.1 Å². The number of hydrogen-bond donors (Lipinski definition) is 1. The third-order valence-electron chi connectivity index (χ3n) is 2.74. The van der Waals surface area contributed by atoms with Crippen LogP contribution in [0.5, 0.6) is 0 Å². The normalized spacial score (nSPS) is 10.3. The summed E-state index contributed by atoms with van der Waals surface area (Å²) in [5.41, 5.74) is 7.74. The summed E-state index contributed by atoms with van der Waals surface area (Å²) < 4.78 is 0. The van der Waals surface area contributed by atoms with Crippen LogP contribution in [-0.2, 0) is 6.54 Å². The van der Waals surface area contributed by atoms with Crippen molar-refractivity contribution in [3.63, 3.8) is 0 Å². The molecule has 3 nitrogen and oxygen atoms in total. The molecule has 0 aliphatic carbocycles. The second-order valence-electron chi connectivity index (χ2n) is 4.09. The molecule has 2 aromatic rings. The molecule has 94 valence electrons. The van der Waals surface area contributed by atoms with Gasteiger partial charge in [0.05, 0.1) is 5.02 Å². The Kier molecular flexibility index (Phi) is 4.05. The molecule has 0 saturated carbocycles. The summed E-state index contributed by atoms with van der Waals surface area (Å²) >= 11 is 5.84. The standard InChI is InChI=1S/C14H16ClN3/c1-2-18(14-7-6-12(15)9-17-14)10-11-4-3-5-13(16)8-11/h3-9H,2,10,16H2,1H3. The van der Waals surface area contributed by atoms with E-state index < -0.39 is 0 Å². The summed E-state index contributed by atoms with van der Waals surface area (Å²) in [7, 11) is 0. The number of rotatable bonds is 4. The average molecular weight is 262 g/mol. The first-order chi connectivity index (χ1) is 8.69. The molecule has 0 radical (unpaired) electrons. The minimum atomic E-state index is 0.652. The molecule has 0 spiro atoms. The number of nitrogen functional groups attached to an aromatic ring is 1. The smallest absolute Gasteiger partial charge is 0.128 e. The lowest BCUT2D eigenvalue weighted by Crippen LogP contribution is -2.22. The summed E-state index contributed by atoms with van der Waals surface area (Å²) in [5, 5.41) is 0.652. The van der Waals surface area contributed by atoms with E-state index in [0.717, 1.165) is 24.6 Å². The maximum atomic E-state index is 5.84. The van der Waals surface area contributed by atoms with E-state index in [2.05, 4.69) is 22.9 Å². The lowest BCUT2D eigenvalue weighted by molar-refractivity contribution is 0.814. The predicted octanol–water partition coefficient (Wildman–Crippen LogP) is 3.34. The molecule has 0 aliphatic heterocycles. The molecule has 0 unspecified atom stereocenters. The van der Waals surface area contributed by atoms with Gasteiger partial charge in [-0.1, -0.05) is 23.7 Å². The lowest BCUT2D eigenvalue weighted by Gasteiger charge is -2.22. The van der Waals surface area contributed by atoms with Crippen LogP contribution in [0.4, 0.5) is 11.5 Å². The van der Waals surface area contributed by atoms with Gasteiger partial charge in [0.1, 0.15) is 5.82 Å². The fourth-order valence-electron chi connectivity index (χ4n) is 1.82. The van der Waals surface area contributed by atoms with Crippen molar-refractivity contribution in [1.82, 2.24) is 4.98 Å². The van der Waals surface area contributed by atoms with Crippen molar-refractivity contribution in [2.45, 2.75) is 13.5 Å². The maximum Gasteiger partial charge on any atom is 0.128 e. The van der Waals surface area contributed by atoms with Crippen molar-refractivity contribution in [2.75, 3.05) is 17.2 Å². The van der Waals surface area contributed by atoms with Crippen molar-refractivity contribution in [3.8, 4) is 0 Å². The summed E-state index contributed by atoms with van der Waals surface area (Å²) in [6.07, 6.45) is 1.67. The van der Waals surface area contributed by atoms with E-state index in [1.165, 1.54) is 5.56 Å². The van der Waals surface area contributed by atoms with Gasteiger partial charge in [-0.05, 0) is 36.8 Å². The highest BCUT2D eigenvalue weighted by molar-refractivity contribution is 6.30. The average Bonchev–Trinajstić information content (AvgIpc) is 2.37. The van der Waals surface area contributed by atoms with Gasteiger partial charge < -0.3 is 10.6 Å². The molecule has 4 heteroatoms. The van der Waals surface area contributed by atoms with Crippen molar-refractivity contribution in [3.05, 3.63) is 53.2 Å². The summed E-state index contributed by atoms with van der Waals surface area (Å²) in [6, 6.07) is 11.7. The molecule has 1 aromatic heterocycles. The molecule has 0 fully saturated rings. The minimum absolute atomic E-state index is 0.652. The zero-order valence-corrected chi connectivity index (χ0v) is 11.1. The van der Waals surface area contributed by atoms with Crippen LogP contribution in [0.3, 0.4) is 0 Å². The molecule has 0 amide bonds. The van der Waals surface area contributed by atoms with Gasteiger partial charge in [0.15, 0.2) is 0 Å². The van der Waals surface area contributed by atoms with Crippen molar-refractivity contribution in [2.24, 2.45) is 0 Å². The number of hydrogen-bond acceptors (Lipinski definition) is 3. The number of benzene rings is 1. The van der Waals surface area contributed by atoms with Gasteiger partial charge in [0.25, 0.3) is 0 Å². The Morgan fingerprint density at radius 2 is 2.11 bits per heavy atom. The summed E-state index contributed by atoms with van der Waals surface area (Å²) in [6.45, 7) is 3.77. The largest absolute Gasteiger partial charge is 0.399 e. The first-order valence-corrected chi connectivity index (χ1v) is 6.27. The lowest BCUT2D eigenvalue weighted by atomic mass is 10.2. The van der Waals surface area contributed by atoms with Crippen LogP contribution in [0.15, 0.2) is 42.6 Å². The molecule has 2 N–H and O–H groups in total. The fraction of sp³-hybridized carbons (Fsp3) is 0.214. The Balaban J connectivity index is 2.17. The van der Waals surface area contributed by atoms with Crippen LogP contribution in [0.1, 0.15) is 12.5 Å². The van der Waals surface area contributed by atoms with E-state index in [4.69, 9.17) is 17.3 Å². The number of anilines is 2. The second kappa shape index (κ2) is 5.74. The summed E-state index contributed by atoms with van der Waals surface area (Å²) in [4.78, 5) is 6.50. The number of nitrogens with zero attached hydrogens (tertiary/aromatic N) is 2. The Morgan fingerprint density at radius 1 is 1.28 bits per heavy atom. The van der Waals surface area contributed by atoms with E-state index in [1.54, 1.807) is 6.20 Å². The molecule has 0 aliphatic rings. The first-order valence-electron chi connectivity index (χ1n) is 5.90. The van der Waals surface area contributed by atoms with Gasteiger partial charge in [0.2, 0.25) is 0 Å². The van der Waals surface area contributed by atoms with Crippen LogP contribution in [0, 0.1) is 0 Å². The quantitative estimate of drug-likeness (QED) is 0.859. The third-order valence-corrected chi connectivity index (χ3v) is 2.97. The number of halogens is 1. The van der Waals surface area contributed by atoms with Gasteiger partial charge in [0, 0.05) is 25.0 Å². The molecule has 0 bridgehead atoms. The van der Waals surface area contributed by atoms with Crippen LogP contribution in [0.2, 0.25) is 5.02 Å². The molecule has 1 heterocycles.